The second-order valence-corrected chi connectivity index (χ2v) is 5.70. The van der Waals surface area contributed by atoms with Gasteiger partial charge in [-0.1, -0.05) is 39.8 Å². The molecule has 1 aromatic carbocycles. The third-order valence-electron chi connectivity index (χ3n) is 4.43. The molecule has 0 unspecified atom stereocenters. The van der Waals surface area contributed by atoms with E-state index in [1.54, 1.807) is 11.1 Å². The van der Waals surface area contributed by atoms with Crippen LogP contribution in [-0.2, 0) is 10.8 Å². The Balaban J connectivity index is 2.77. The van der Waals surface area contributed by atoms with Crippen molar-refractivity contribution in [2.45, 2.75) is 52.4 Å². The highest BCUT2D eigenvalue weighted by Gasteiger charge is 2.52. The average Bonchev–Trinajstić information content (AvgIpc) is 2.07. The third kappa shape index (κ3) is 0.846. The third-order valence-corrected chi connectivity index (χ3v) is 4.43. The largest absolute Gasteiger partial charge is 0.0587 e. The van der Waals surface area contributed by atoms with Crippen LogP contribution in [0.4, 0.5) is 0 Å². The van der Waals surface area contributed by atoms with Crippen molar-refractivity contribution in [2.24, 2.45) is 0 Å². The molecule has 0 aliphatic heterocycles. The Morgan fingerprint density at radius 3 is 1.29 bits per heavy atom. The lowest BCUT2D eigenvalue weighted by atomic mass is 9.48. The molecule has 14 heavy (non-hydrogen) atoms. The Morgan fingerprint density at radius 2 is 1.00 bits per heavy atom. The number of aryl methyl sites for hydroxylation is 2. The minimum absolute atomic E-state index is 0.332. The first-order chi connectivity index (χ1) is 6.30. The molecule has 0 amide bonds. The number of hydrogen-bond acceptors (Lipinski definition) is 0. The summed E-state index contributed by atoms with van der Waals surface area (Å²) in [7, 11) is 0. The van der Waals surface area contributed by atoms with Crippen LogP contribution in [0, 0.1) is 13.8 Å². The van der Waals surface area contributed by atoms with Crippen molar-refractivity contribution >= 4 is 0 Å². The summed E-state index contributed by atoms with van der Waals surface area (Å²) in [6.07, 6.45) is 0. The summed E-state index contributed by atoms with van der Waals surface area (Å²) in [4.78, 5) is 0. The van der Waals surface area contributed by atoms with Gasteiger partial charge in [-0.05, 0) is 46.9 Å². The predicted octanol–water partition coefficient (Wildman–Crippen LogP) is 3.87. The molecule has 1 aliphatic rings. The van der Waals surface area contributed by atoms with Gasteiger partial charge in [0.15, 0.2) is 0 Å². The zero-order valence-electron chi connectivity index (χ0n) is 10.2. The van der Waals surface area contributed by atoms with E-state index in [1.165, 1.54) is 11.1 Å². The molecule has 0 aromatic heterocycles. The molecule has 0 heteroatoms. The molecule has 0 bridgehead atoms. The Hall–Kier alpha value is -0.780. The average molecular weight is 188 g/mol. The molecule has 0 atom stereocenters. The molecule has 0 radical (unpaired) electrons. The van der Waals surface area contributed by atoms with Gasteiger partial charge in [-0.25, -0.2) is 0 Å². The normalized spacial score (nSPS) is 21.3. The van der Waals surface area contributed by atoms with E-state index in [2.05, 4.69) is 53.7 Å². The van der Waals surface area contributed by atoms with Crippen molar-refractivity contribution in [2.75, 3.05) is 0 Å². The van der Waals surface area contributed by atoms with Crippen LogP contribution in [0.15, 0.2) is 12.1 Å². The van der Waals surface area contributed by atoms with E-state index in [0.717, 1.165) is 0 Å². The van der Waals surface area contributed by atoms with Gasteiger partial charge in [0.2, 0.25) is 0 Å². The molecular weight excluding hydrogens is 168 g/mol. The first-order valence-corrected chi connectivity index (χ1v) is 5.41. The fourth-order valence-corrected chi connectivity index (χ4v) is 2.98. The molecule has 1 aromatic rings. The van der Waals surface area contributed by atoms with E-state index in [0.29, 0.717) is 10.8 Å². The summed E-state index contributed by atoms with van der Waals surface area (Å²) in [5, 5.41) is 0. The number of hydrogen-bond donors (Lipinski definition) is 0. The molecule has 0 spiro atoms. The second kappa shape index (κ2) is 2.42. The van der Waals surface area contributed by atoms with E-state index in [-0.39, 0.29) is 0 Å². The number of benzene rings is 1. The molecule has 76 valence electrons. The van der Waals surface area contributed by atoms with Gasteiger partial charge in [0.05, 0.1) is 0 Å². The summed E-state index contributed by atoms with van der Waals surface area (Å²) in [5.74, 6) is 0. The van der Waals surface area contributed by atoms with E-state index in [1.807, 2.05) is 0 Å². The molecule has 2 rings (SSSR count). The van der Waals surface area contributed by atoms with Crippen LogP contribution in [0.25, 0.3) is 0 Å². The SMILES string of the molecule is Cc1ccc(C)c2c1C(C)(C)C2(C)C. The quantitative estimate of drug-likeness (QED) is 0.579. The van der Waals surface area contributed by atoms with Crippen molar-refractivity contribution < 1.29 is 0 Å². The summed E-state index contributed by atoms with van der Waals surface area (Å²) in [5.41, 5.74) is 6.74. The van der Waals surface area contributed by atoms with Gasteiger partial charge in [-0.2, -0.15) is 0 Å². The van der Waals surface area contributed by atoms with Crippen molar-refractivity contribution in [3.05, 3.63) is 34.4 Å². The monoisotopic (exact) mass is 188 g/mol. The minimum Gasteiger partial charge on any atom is -0.0587 e. The van der Waals surface area contributed by atoms with Gasteiger partial charge in [-0.15, -0.1) is 0 Å². The molecule has 0 N–H and O–H groups in total. The molecular formula is C14H20. The molecule has 0 saturated carbocycles. The van der Waals surface area contributed by atoms with Gasteiger partial charge in [0.25, 0.3) is 0 Å². The highest BCUT2D eigenvalue weighted by Crippen LogP contribution is 2.57. The first kappa shape index (κ1) is 9.76. The lowest BCUT2D eigenvalue weighted by Gasteiger charge is -2.56. The molecule has 0 saturated heterocycles. The van der Waals surface area contributed by atoms with Crippen molar-refractivity contribution in [3.8, 4) is 0 Å². The van der Waals surface area contributed by atoms with Gasteiger partial charge in [0.1, 0.15) is 0 Å². The summed E-state index contributed by atoms with van der Waals surface area (Å²) < 4.78 is 0. The zero-order chi connectivity index (χ0) is 10.7. The summed E-state index contributed by atoms with van der Waals surface area (Å²) in [6.45, 7) is 13.9. The summed E-state index contributed by atoms with van der Waals surface area (Å²) in [6, 6.07) is 4.51. The van der Waals surface area contributed by atoms with E-state index in [4.69, 9.17) is 0 Å². The zero-order valence-corrected chi connectivity index (χ0v) is 10.2. The Bertz CT molecular complexity index is 356. The lowest BCUT2D eigenvalue weighted by molar-refractivity contribution is 0.239. The molecule has 0 fully saturated rings. The maximum Gasteiger partial charge on any atom is -0.000618 e. The summed E-state index contributed by atoms with van der Waals surface area (Å²) >= 11 is 0. The van der Waals surface area contributed by atoms with E-state index < -0.39 is 0 Å². The van der Waals surface area contributed by atoms with Crippen LogP contribution < -0.4 is 0 Å². The smallest absolute Gasteiger partial charge is 0.000618 e. The number of rotatable bonds is 0. The maximum atomic E-state index is 2.36. The first-order valence-electron chi connectivity index (χ1n) is 5.41. The topological polar surface area (TPSA) is 0 Å². The van der Waals surface area contributed by atoms with Gasteiger partial charge in [0, 0.05) is 0 Å². The van der Waals surface area contributed by atoms with Gasteiger partial charge >= 0.3 is 0 Å². The highest BCUT2D eigenvalue weighted by molar-refractivity contribution is 5.59. The van der Waals surface area contributed by atoms with Crippen molar-refractivity contribution in [1.29, 1.82) is 0 Å². The molecule has 0 nitrogen and oxygen atoms in total. The predicted molar refractivity (Wildman–Crippen MR) is 62.0 cm³/mol. The Kier molecular flexibility index (Phi) is 1.69. The number of fused-ring (bicyclic) bond motifs is 1. The fraction of sp³-hybridized carbons (Fsp3) is 0.571. The van der Waals surface area contributed by atoms with Crippen molar-refractivity contribution in [3.63, 3.8) is 0 Å². The van der Waals surface area contributed by atoms with Crippen LogP contribution >= 0.6 is 0 Å². The van der Waals surface area contributed by atoms with Crippen LogP contribution in [0.3, 0.4) is 0 Å². The Morgan fingerprint density at radius 1 is 0.714 bits per heavy atom. The molecule has 0 heterocycles. The fourth-order valence-electron chi connectivity index (χ4n) is 2.98. The van der Waals surface area contributed by atoms with Crippen LogP contribution in [0.2, 0.25) is 0 Å². The second-order valence-electron chi connectivity index (χ2n) is 5.70. The van der Waals surface area contributed by atoms with Gasteiger partial charge in [-0.3, -0.25) is 0 Å². The van der Waals surface area contributed by atoms with Crippen LogP contribution in [0.1, 0.15) is 49.9 Å². The van der Waals surface area contributed by atoms with Crippen LogP contribution in [0.5, 0.6) is 0 Å². The van der Waals surface area contributed by atoms with E-state index in [9.17, 15) is 0 Å². The van der Waals surface area contributed by atoms with E-state index >= 15 is 0 Å². The van der Waals surface area contributed by atoms with Gasteiger partial charge < -0.3 is 0 Å². The van der Waals surface area contributed by atoms with Crippen LogP contribution in [-0.4, -0.2) is 0 Å². The highest BCUT2D eigenvalue weighted by atomic mass is 14.6. The minimum atomic E-state index is 0.332. The lowest BCUT2D eigenvalue weighted by Crippen LogP contribution is -2.52. The van der Waals surface area contributed by atoms with Crippen molar-refractivity contribution in [1.82, 2.24) is 0 Å². The standard InChI is InChI=1S/C14H20/c1-9-7-8-10(2)12-11(9)13(3,4)14(12,5)6/h7-8H,1-6H3. The Labute approximate surface area is 87.3 Å². The maximum absolute atomic E-state index is 2.36. The molecule has 1 aliphatic carbocycles.